The largest absolute Gasteiger partial charge is 0.353 e. The highest BCUT2D eigenvalue weighted by Gasteiger charge is 2.17. The van der Waals surface area contributed by atoms with Crippen molar-refractivity contribution < 1.29 is 4.79 Å². The molecule has 0 aliphatic carbocycles. The van der Waals surface area contributed by atoms with Crippen LogP contribution in [0.2, 0.25) is 0 Å². The van der Waals surface area contributed by atoms with E-state index in [-0.39, 0.29) is 5.91 Å². The second kappa shape index (κ2) is 4.55. The van der Waals surface area contributed by atoms with E-state index in [1.54, 1.807) is 18.3 Å². The number of amides is 1. The Bertz CT molecular complexity index is 409. The van der Waals surface area contributed by atoms with E-state index in [0.717, 1.165) is 26.2 Å². The van der Waals surface area contributed by atoms with Crippen molar-refractivity contribution in [3.8, 4) is 0 Å². The highest BCUT2D eigenvalue weighted by atomic mass is 32.1. The third-order valence-corrected chi connectivity index (χ3v) is 2.66. The van der Waals surface area contributed by atoms with Crippen LogP contribution in [0.5, 0.6) is 0 Å². The van der Waals surface area contributed by atoms with Crippen molar-refractivity contribution in [3.05, 3.63) is 28.5 Å². The van der Waals surface area contributed by atoms with Gasteiger partial charge >= 0.3 is 0 Å². The number of carbonyl (C=O) groups excluding carboxylic acids is 1. The molecule has 0 unspecified atom stereocenters. The van der Waals surface area contributed by atoms with Gasteiger partial charge in [0.2, 0.25) is 0 Å². The molecule has 2 rings (SSSR count). The molecule has 1 saturated heterocycles. The fourth-order valence-corrected chi connectivity index (χ4v) is 1.82. The summed E-state index contributed by atoms with van der Waals surface area (Å²) in [5.41, 5.74) is 0.667. The first-order valence-corrected chi connectivity index (χ1v) is 5.37. The molecule has 0 saturated carbocycles. The monoisotopic (exact) mass is 223 g/mol. The van der Waals surface area contributed by atoms with Crippen LogP contribution in [-0.4, -0.2) is 42.0 Å². The summed E-state index contributed by atoms with van der Waals surface area (Å²) in [5, 5.41) is 3.21. The maximum Gasteiger partial charge on any atom is 0.254 e. The van der Waals surface area contributed by atoms with Crippen LogP contribution in [-0.2, 0) is 0 Å². The Morgan fingerprint density at radius 3 is 2.80 bits per heavy atom. The third kappa shape index (κ3) is 2.43. The maximum atomic E-state index is 12.0. The van der Waals surface area contributed by atoms with Crippen molar-refractivity contribution in [2.75, 3.05) is 26.2 Å². The summed E-state index contributed by atoms with van der Waals surface area (Å²) in [5.74, 6) is 0.0663. The zero-order valence-electron chi connectivity index (χ0n) is 8.32. The van der Waals surface area contributed by atoms with Crippen LogP contribution in [0.1, 0.15) is 10.4 Å². The lowest BCUT2D eigenvalue weighted by Gasteiger charge is -2.27. The van der Waals surface area contributed by atoms with Crippen molar-refractivity contribution in [2.24, 2.45) is 0 Å². The van der Waals surface area contributed by atoms with Gasteiger partial charge in [-0.1, -0.05) is 12.2 Å². The smallest absolute Gasteiger partial charge is 0.254 e. The Kier molecular flexibility index (Phi) is 3.13. The molecule has 80 valence electrons. The van der Waals surface area contributed by atoms with Gasteiger partial charge < -0.3 is 15.2 Å². The van der Waals surface area contributed by atoms with E-state index in [9.17, 15) is 4.79 Å². The number of nitrogens with one attached hydrogen (secondary N) is 2. The average Bonchev–Trinajstić information content (AvgIpc) is 2.29. The molecule has 0 atom stereocenters. The van der Waals surface area contributed by atoms with E-state index in [2.05, 4.69) is 10.3 Å². The fraction of sp³-hybridized carbons (Fsp3) is 0.400. The van der Waals surface area contributed by atoms with Crippen LogP contribution in [0.4, 0.5) is 0 Å². The number of carbonyl (C=O) groups is 1. The van der Waals surface area contributed by atoms with Crippen LogP contribution in [0.3, 0.4) is 0 Å². The number of hydrogen-bond acceptors (Lipinski definition) is 3. The summed E-state index contributed by atoms with van der Waals surface area (Å²) in [7, 11) is 0. The highest BCUT2D eigenvalue weighted by molar-refractivity contribution is 7.71. The Hall–Kier alpha value is -1.20. The third-order valence-electron chi connectivity index (χ3n) is 2.43. The summed E-state index contributed by atoms with van der Waals surface area (Å²) in [6, 6.07) is 3.47. The molecule has 0 bridgehead atoms. The number of aromatic amines is 1. The van der Waals surface area contributed by atoms with E-state index in [1.165, 1.54) is 0 Å². The molecule has 0 aromatic carbocycles. The number of nitrogens with zero attached hydrogens (tertiary/aromatic N) is 1. The summed E-state index contributed by atoms with van der Waals surface area (Å²) < 4.78 is 0.594. The zero-order chi connectivity index (χ0) is 10.7. The predicted molar refractivity (Wildman–Crippen MR) is 60.4 cm³/mol. The molecule has 2 heterocycles. The van der Waals surface area contributed by atoms with Gasteiger partial charge in [-0.2, -0.15) is 0 Å². The molecule has 5 heteroatoms. The van der Waals surface area contributed by atoms with Crippen molar-refractivity contribution >= 4 is 18.1 Å². The average molecular weight is 223 g/mol. The second-order valence-electron chi connectivity index (χ2n) is 3.48. The Balaban J connectivity index is 2.16. The van der Waals surface area contributed by atoms with E-state index in [4.69, 9.17) is 12.2 Å². The number of H-pyrrole nitrogens is 1. The summed E-state index contributed by atoms with van der Waals surface area (Å²) in [4.78, 5) is 16.7. The van der Waals surface area contributed by atoms with Crippen LogP contribution >= 0.6 is 12.2 Å². The number of pyridine rings is 1. The van der Waals surface area contributed by atoms with Gasteiger partial charge in [0.15, 0.2) is 0 Å². The van der Waals surface area contributed by atoms with Crippen LogP contribution in [0.25, 0.3) is 0 Å². The normalized spacial score (nSPS) is 16.4. The van der Waals surface area contributed by atoms with Crippen molar-refractivity contribution in [2.45, 2.75) is 0 Å². The molecular formula is C10H13N3OS. The second-order valence-corrected chi connectivity index (χ2v) is 3.92. The molecule has 1 aromatic heterocycles. The standard InChI is InChI=1S/C10H13N3OS/c14-10(13-5-3-11-4-6-13)8-1-2-12-9(15)7-8/h1-2,7,11H,3-6H2,(H,12,15). The number of rotatable bonds is 1. The zero-order valence-corrected chi connectivity index (χ0v) is 9.14. The van der Waals surface area contributed by atoms with E-state index in [1.807, 2.05) is 4.90 Å². The van der Waals surface area contributed by atoms with Gasteiger partial charge in [-0.05, 0) is 12.1 Å². The Labute approximate surface area is 93.3 Å². The topological polar surface area (TPSA) is 48.1 Å². The van der Waals surface area contributed by atoms with E-state index in [0.29, 0.717) is 10.2 Å². The SMILES string of the molecule is O=C(c1cc[nH]c(=S)c1)N1CCNCC1. The van der Waals surface area contributed by atoms with Crippen molar-refractivity contribution in [1.82, 2.24) is 15.2 Å². The predicted octanol–water partition coefficient (Wildman–Crippen LogP) is 0.790. The van der Waals surface area contributed by atoms with Crippen molar-refractivity contribution in [1.29, 1.82) is 0 Å². The molecule has 1 aliphatic rings. The summed E-state index contributed by atoms with van der Waals surface area (Å²) in [6.45, 7) is 3.27. The molecule has 1 amide bonds. The quantitative estimate of drug-likeness (QED) is 0.692. The first-order chi connectivity index (χ1) is 7.27. The van der Waals surface area contributed by atoms with Crippen LogP contribution in [0, 0.1) is 4.64 Å². The van der Waals surface area contributed by atoms with Gasteiger partial charge in [0.25, 0.3) is 5.91 Å². The minimum Gasteiger partial charge on any atom is -0.353 e. The number of piperazine rings is 1. The highest BCUT2D eigenvalue weighted by Crippen LogP contribution is 2.05. The lowest BCUT2D eigenvalue weighted by atomic mass is 10.2. The van der Waals surface area contributed by atoms with Crippen molar-refractivity contribution in [3.63, 3.8) is 0 Å². The molecule has 0 spiro atoms. The maximum absolute atomic E-state index is 12.0. The van der Waals surface area contributed by atoms with Gasteiger partial charge in [0.05, 0.1) is 0 Å². The number of aromatic nitrogens is 1. The molecule has 2 N–H and O–H groups in total. The van der Waals surface area contributed by atoms with Gasteiger partial charge in [-0.3, -0.25) is 4.79 Å². The summed E-state index contributed by atoms with van der Waals surface area (Å²) in [6.07, 6.45) is 1.71. The minimum absolute atomic E-state index is 0.0663. The first kappa shape index (κ1) is 10.3. The Morgan fingerprint density at radius 1 is 1.40 bits per heavy atom. The van der Waals surface area contributed by atoms with E-state index < -0.39 is 0 Å². The van der Waals surface area contributed by atoms with Gasteiger partial charge in [-0.15, -0.1) is 0 Å². The molecule has 15 heavy (non-hydrogen) atoms. The Morgan fingerprint density at radius 2 is 2.13 bits per heavy atom. The first-order valence-electron chi connectivity index (χ1n) is 4.96. The molecule has 0 radical (unpaired) electrons. The van der Waals surface area contributed by atoms with Crippen LogP contribution in [0.15, 0.2) is 18.3 Å². The van der Waals surface area contributed by atoms with Gasteiger partial charge in [0.1, 0.15) is 4.64 Å². The lowest BCUT2D eigenvalue weighted by Crippen LogP contribution is -2.46. The molecule has 4 nitrogen and oxygen atoms in total. The van der Waals surface area contributed by atoms with Crippen LogP contribution < -0.4 is 5.32 Å². The molecule has 1 aliphatic heterocycles. The lowest BCUT2D eigenvalue weighted by molar-refractivity contribution is 0.0735. The van der Waals surface area contributed by atoms with E-state index >= 15 is 0 Å². The molecule has 1 fully saturated rings. The molecular weight excluding hydrogens is 210 g/mol. The fourth-order valence-electron chi connectivity index (χ4n) is 1.63. The minimum atomic E-state index is 0.0663. The number of hydrogen-bond donors (Lipinski definition) is 2. The van der Waals surface area contributed by atoms with Gasteiger partial charge in [0, 0.05) is 37.9 Å². The summed E-state index contributed by atoms with van der Waals surface area (Å²) >= 11 is 4.98. The van der Waals surface area contributed by atoms with Gasteiger partial charge in [-0.25, -0.2) is 0 Å². The molecule has 1 aromatic rings.